The molecule has 0 saturated heterocycles. The third kappa shape index (κ3) is 6.41. The monoisotopic (exact) mass is 446 g/mol. The Bertz CT molecular complexity index is 822. The van der Waals surface area contributed by atoms with Crippen LogP contribution in [0.25, 0.3) is 0 Å². The Balaban J connectivity index is 3.02. The minimum absolute atomic E-state index is 0.189. The summed E-state index contributed by atoms with van der Waals surface area (Å²) in [4.78, 5) is 48.5. The van der Waals surface area contributed by atoms with Gasteiger partial charge in [0.2, 0.25) is 0 Å². The molecule has 0 aromatic carbocycles. The Morgan fingerprint density at radius 1 is 1.14 bits per heavy atom. The third-order valence-corrected chi connectivity index (χ3v) is 6.30. The molecule has 0 aliphatic rings. The Hall–Kier alpha value is -0.351. The van der Waals surface area contributed by atoms with Gasteiger partial charge in [-0.05, 0) is 0 Å². The van der Waals surface area contributed by atoms with Crippen LogP contribution in [0, 0.1) is 11.1 Å². The molecule has 13 nitrogen and oxygen atoms in total. The first kappa shape index (κ1) is 19.7. The minimum atomic E-state index is -5.64. The first-order valence-corrected chi connectivity index (χ1v) is 10.2. The SMILES string of the molecule is Cc1cn(OP(=O)(O)OP(=O)(O)OP(=O)(O)O)c(=O)[nH]c1=[Se]. The van der Waals surface area contributed by atoms with E-state index in [0.717, 1.165) is 6.20 Å². The molecule has 0 radical (unpaired) electrons. The molecule has 1 aromatic heterocycles. The molecule has 5 N–H and O–H groups in total. The quantitative estimate of drug-likeness (QED) is 0.264. The number of aromatic amines is 1. The maximum atomic E-state index is 11.5. The summed E-state index contributed by atoms with van der Waals surface area (Å²) in [6.07, 6.45) is 0.947. The topological polar surface area (TPSA) is 198 Å². The van der Waals surface area contributed by atoms with Gasteiger partial charge in [-0.25, -0.2) is 0 Å². The Morgan fingerprint density at radius 2 is 1.68 bits per heavy atom. The zero-order chi connectivity index (χ0) is 17.3. The summed E-state index contributed by atoms with van der Waals surface area (Å²) in [7, 11) is -16.6. The number of rotatable bonds is 6. The summed E-state index contributed by atoms with van der Waals surface area (Å²) in [5.74, 6) is 0. The molecule has 1 heterocycles. The molecule has 0 amide bonds. The Kier molecular flexibility index (Phi) is 5.95. The van der Waals surface area contributed by atoms with Crippen molar-refractivity contribution in [2.45, 2.75) is 6.92 Å². The van der Waals surface area contributed by atoms with E-state index >= 15 is 0 Å². The van der Waals surface area contributed by atoms with E-state index in [-0.39, 0.29) is 4.73 Å². The molecule has 1 rings (SSSR count). The summed E-state index contributed by atoms with van der Waals surface area (Å²) >= 11 is 2.49. The number of nitrogens with zero attached hydrogens (tertiary/aromatic N) is 1. The molecule has 0 fully saturated rings. The summed E-state index contributed by atoms with van der Waals surface area (Å²) in [6.45, 7) is 1.48. The molecule has 2 unspecified atom stereocenters. The maximum absolute atomic E-state index is 11.5. The fourth-order valence-corrected chi connectivity index (χ4v) is 4.27. The van der Waals surface area contributed by atoms with E-state index in [1.165, 1.54) is 6.92 Å². The van der Waals surface area contributed by atoms with Crippen LogP contribution in [-0.2, 0) is 22.3 Å². The van der Waals surface area contributed by atoms with E-state index in [2.05, 4.69) is 33.8 Å². The van der Waals surface area contributed by atoms with Crippen LogP contribution in [0.4, 0.5) is 0 Å². The van der Waals surface area contributed by atoms with Gasteiger partial charge < -0.3 is 0 Å². The summed E-state index contributed by atoms with van der Waals surface area (Å²) in [5, 5.41) is 0. The van der Waals surface area contributed by atoms with Crippen LogP contribution in [0.1, 0.15) is 5.56 Å². The molecule has 22 heavy (non-hydrogen) atoms. The average molecular weight is 445 g/mol. The molecule has 0 saturated carbocycles. The Labute approximate surface area is 129 Å². The molecular weight excluding hydrogens is 436 g/mol. The molecule has 0 spiro atoms. The molecule has 0 aliphatic carbocycles. The second-order valence-electron chi connectivity index (χ2n) is 3.57. The van der Waals surface area contributed by atoms with Gasteiger partial charge in [-0.15, -0.1) is 0 Å². The number of aryl methyl sites for hydroxylation is 1. The predicted octanol–water partition coefficient (Wildman–Crippen LogP) is -1.06. The van der Waals surface area contributed by atoms with Crippen LogP contribution in [0.15, 0.2) is 11.0 Å². The first-order chi connectivity index (χ1) is 9.71. The third-order valence-electron chi connectivity index (χ3n) is 1.70. The molecule has 126 valence electrons. The van der Waals surface area contributed by atoms with E-state index in [9.17, 15) is 23.4 Å². The van der Waals surface area contributed by atoms with Crippen molar-refractivity contribution in [2.75, 3.05) is 0 Å². The van der Waals surface area contributed by atoms with Crippen molar-refractivity contribution < 1.29 is 46.5 Å². The van der Waals surface area contributed by atoms with Crippen molar-refractivity contribution in [3.8, 4) is 0 Å². The van der Waals surface area contributed by atoms with Gasteiger partial charge in [0.25, 0.3) is 0 Å². The normalized spacial score (nSPS) is 17.5. The van der Waals surface area contributed by atoms with E-state index in [1.807, 2.05) is 0 Å². The fourth-order valence-electron chi connectivity index (χ4n) is 1.01. The molecule has 0 bridgehead atoms. The van der Waals surface area contributed by atoms with Gasteiger partial charge in [-0.3, -0.25) is 0 Å². The van der Waals surface area contributed by atoms with Crippen molar-refractivity contribution in [1.82, 2.24) is 9.71 Å². The van der Waals surface area contributed by atoms with Crippen LogP contribution >= 0.6 is 23.5 Å². The number of phosphoric acid groups is 3. The number of nitrogens with one attached hydrogen (secondary N) is 1. The average Bonchev–Trinajstić information content (AvgIpc) is 2.19. The number of H-pyrrole nitrogens is 1. The van der Waals surface area contributed by atoms with Crippen molar-refractivity contribution in [2.24, 2.45) is 0 Å². The van der Waals surface area contributed by atoms with E-state index in [1.54, 1.807) is 0 Å². The molecule has 2 atom stereocenters. The zero-order valence-corrected chi connectivity index (χ0v) is 14.8. The second-order valence-corrected chi connectivity index (χ2v) is 8.75. The molecule has 0 aliphatic heterocycles. The van der Waals surface area contributed by atoms with Gasteiger partial charge >= 0.3 is 129 Å². The summed E-state index contributed by atoms with van der Waals surface area (Å²) in [5.41, 5.74) is -0.667. The van der Waals surface area contributed by atoms with E-state index < -0.39 is 29.2 Å². The molecular formula is C5H9N2O11P3Se. The number of hydrogen-bond acceptors (Lipinski definition) is 7. The summed E-state index contributed by atoms with van der Waals surface area (Å²) in [6, 6.07) is 0. The van der Waals surface area contributed by atoms with Crippen molar-refractivity contribution in [3.05, 3.63) is 26.4 Å². The standard InChI is InChI=1S/C5H9N2O11P3Se/c1-3-2-7(5(8)6-4(3)22)16-20(12,13)18-21(14,15)17-19(9,10)11/h2H,1H3,(H,12,13)(H,14,15)(H,6,8,22)(H2,9,10,11). The predicted molar refractivity (Wildman–Crippen MR) is 69.2 cm³/mol. The van der Waals surface area contributed by atoms with Crippen molar-refractivity contribution in [1.29, 1.82) is 0 Å². The second kappa shape index (κ2) is 6.64. The van der Waals surface area contributed by atoms with Crippen LogP contribution in [0.5, 0.6) is 0 Å². The van der Waals surface area contributed by atoms with E-state index in [0.29, 0.717) is 9.76 Å². The number of hydrogen-bond donors (Lipinski definition) is 5. The van der Waals surface area contributed by atoms with Crippen LogP contribution in [0.3, 0.4) is 0 Å². The summed E-state index contributed by atoms with van der Waals surface area (Å²) < 4.78 is 44.7. The van der Waals surface area contributed by atoms with Crippen molar-refractivity contribution in [3.63, 3.8) is 0 Å². The molecule has 1 aromatic rings. The zero-order valence-electron chi connectivity index (χ0n) is 10.4. The van der Waals surface area contributed by atoms with Crippen LogP contribution in [0.2, 0.25) is 0 Å². The number of aromatic nitrogens is 2. The van der Waals surface area contributed by atoms with E-state index in [4.69, 9.17) is 14.7 Å². The van der Waals surface area contributed by atoms with Gasteiger partial charge in [0.05, 0.1) is 0 Å². The van der Waals surface area contributed by atoms with Gasteiger partial charge in [0.15, 0.2) is 0 Å². The van der Waals surface area contributed by atoms with Crippen LogP contribution in [-0.4, -0.2) is 44.9 Å². The Morgan fingerprint density at radius 3 is 2.18 bits per heavy atom. The fraction of sp³-hybridized carbons (Fsp3) is 0.200. The van der Waals surface area contributed by atoms with Crippen molar-refractivity contribution >= 4 is 39.0 Å². The van der Waals surface area contributed by atoms with Crippen LogP contribution < -0.4 is 10.3 Å². The first-order valence-electron chi connectivity index (χ1n) is 4.87. The van der Waals surface area contributed by atoms with Gasteiger partial charge in [0, 0.05) is 0 Å². The van der Waals surface area contributed by atoms with Gasteiger partial charge in [0.1, 0.15) is 0 Å². The van der Waals surface area contributed by atoms with Gasteiger partial charge in [-0.2, -0.15) is 0 Å². The van der Waals surface area contributed by atoms with Gasteiger partial charge in [-0.1, -0.05) is 0 Å². The molecule has 17 heteroatoms.